The zero-order chi connectivity index (χ0) is 20.9. The molecule has 2 atom stereocenters. The highest BCUT2D eigenvalue weighted by Gasteiger charge is 2.24. The van der Waals surface area contributed by atoms with Crippen LogP contribution in [0.15, 0.2) is 47.4 Å². The summed E-state index contributed by atoms with van der Waals surface area (Å²) in [7, 11) is -2.08. The summed E-state index contributed by atoms with van der Waals surface area (Å²) in [5, 5.41) is 0.217. The number of hydrogen-bond donors (Lipinski definition) is 0. The molecule has 0 N–H and O–H groups in total. The molecule has 0 aromatic heterocycles. The Kier molecular flexibility index (Phi) is 7.62. The first-order valence-corrected chi connectivity index (χ1v) is 12.2. The fourth-order valence-electron chi connectivity index (χ4n) is 3.46. The number of benzene rings is 2. The number of rotatable bonds is 8. The highest BCUT2D eigenvalue weighted by atomic mass is 32.2. The van der Waals surface area contributed by atoms with E-state index >= 15 is 0 Å². The summed E-state index contributed by atoms with van der Waals surface area (Å²) in [4.78, 5) is 0.205. The Balaban J connectivity index is 1.56. The van der Waals surface area contributed by atoms with Crippen molar-refractivity contribution >= 4 is 21.9 Å². The lowest BCUT2D eigenvalue weighted by atomic mass is 9.92. The molecular formula is C22H28O5S2. The second-order valence-corrected chi connectivity index (χ2v) is 10.1. The number of aryl methyl sites for hydroxylation is 1. The molecule has 158 valence electrons. The summed E-state index contributed by atoms with van der Waals surface area (Å²) in [5.41, 5.74) is 3.25. The van der Waals surface area contributed by atoms with Gasteiger partial charge in [-0.15, -0.1) is 0 Å². The van der Waals surface area contributed by atoms with Crippen LogP contribution in [0.25, 0.3) is 0 Å². The van der Waals surface area contributed by atoms with Crippen LogP contribution < -0.4 is 4.74 Å². The Hall–Kier alpha value is -1.54. The van der Waals surface area contributed by atoms with Gasteiger partial charge in [-0.1, -0.05) is 31.2 Å². The standard InChI is InChI=1S/C22H28O5S2/c1-16-10-13-28-21(19-9-8-18(25-3)14-20(16)19)15-26-11-12-27-29(23,24)22-7-5-4-6-17(22)2/h4-9,14,16,21H,10-13,15H2,1-3H3. The zero-order valence-corrected chi connectivity index (χ0v) is 18.7. The lowest BCUT2D eigenvalue weighted by Gasteiger charge is -2.19. The largest absolute Gasteiger partial charge is 0.497 e. The van der Waals surface area contributed by atoms with Crippen LogP contribution in [-0.4, -0.2) is 41.1 Å². The third kappa shape index (κ3) is 5.54. The van der Waals surface area contributed by atoms with Crippen molar-refractivity contribution in [2.45, 2.75) is 36.3 Å². The molecule has 1 aliphatic heterocycles. The maximum atomic E-state index is 12.3. The molecule has 0 spiro atoms. The third-order valence-electron chi connectivity index (χ3n) is 5.14. The van der Waals surface area contributed by atoms with Gasteiger partial charge in [0, 0.05) is 0 Å². The highest BCUT2D eigenvalue weighted by molar-refractivity contribution is 7.99. The Bertz CT molecular complexity index is 927. The van der Waals surface area contributed by atoms with Crippen molar-refractivity contribution in [3.63, 3.8) is 0 Å². The summed E-state index contributed by atoms with van der Waals surface area (Å²) in [5.74, 6) is 2.40. The first-order valence-electron chi connectivity index (χ1n) is 9.74. The van der Waals surface area contributed by atoms with Gasteiger partial charge in [0.25, 0.3) is 10.1 Å². The smallest absolute Gasteiger partial charge is 0.297 e. The number of hydrogen-bond acceptors (Lipinski definition) is 6. The molecule has 29 heavy (non-hydrogen) atoms. The van der Waals surface area contributed by atoms with Crippen molar-refractivity contribution in [3.05, 3.63) is 59.2 Å². The Morgan fingerprint density at radius 1 is 1.10 bits per heavy atom. The van der Waals surface area contributed by atoms with E-state index < -0.39 is 10.1 Å². The third-order valence-corrected chi connectivity index (χ3v) is 7.88. The van der Waals surface area contributed by atoms with Crippen LogP contribution in [0.1, 0.15) is 41.2 Å². The Labute approximate surface area is 177 Å². The van der Waals surface area contributed by atoms with Gasteiger partial charge < -0.3 is 9.47 Å². The molecule has 0 bridgehead atoms. The molecule has 5 nitrogen and oxygen atoms in total. The summed E-state index contributed by atoms with van der Waals surface area (Å²) in [6.07, 6.45) is 1.11. The van der Waals surface area contributed by atoms with Crippen LogP contribution in [0, 0.1) is 6.92 Å². The van der Waals surface area contributed by atoms with E-state index in [4.69, 9.17) is 13.7 Å². The van der Waals surface area contributed by atoms with Crippen molar-refractivity contribution in [1.82, 2.24) is 0 Å². The predicted molar refractivity (Wildman–Crippen MR) is 116 cm³/mol. The van der Waals surface area contributed by atoms with Crippen LogP contribution in [-0.2, 0) is 19.0 Å². The molecule has 2 aromatic rings. The van der Waals surface area contributed by atoms with E-state index in [2.05, 4.69) is 19.1 Å². The molecule has 2 unspecified atom stereocenters. The molecule has 7 heteroatoms. The molecule has 1 aliphatic rings. The lowest BCUT2D eigenvalue weighted by molar-refractivity contribution is 0.103. The maximum absolute atomic E-state index is 12.3. The predicted octanol–water partition coefficient (Wildman–Crippen LogP) is 4.71. The molecule has 0 radical (unpaired) electrons. The number of fused-ring (bicyclic) bond motifs is 1. The normalized spacial score (nSPS) is 19.4. The fraction of sp³-hybridized carbons (Fsp3) is 0.455. The maximum Gasteiger partial charge on any atom is 0.297 e. The van der Waals surface area contributed by atoms with E-state index in [1.165, 1.54) is 11.1 Å². The molecule has 1 heterocycles. The fourth-order valence-corrected chi connectivity index (χ4v) is 5.95. The van der Waals surface area contributed by atoms with Gasteiger partial charge in [0.05, 0.1) is 37.1 Å². The minimum absolute atomic E-state index is 0.0000727. The van der Waals surface area contributed by atoms with Crippen molar-refractivity contribution in [1.29, 1.82) is 0 Å². The molecule has 0 aliphatic carbocycles. The molecule has 2 aromatic carbocycles. The van der Waals surface area contributed by atoms with Gasteiger partial charge in [-0.2, -0.15) is 20.2 Å². The van der Waals surface area contributed by atoms with Gasteiger partial charge in [-0.05, 0) is 59.9 Å². The van der Waals surface area contributed by atoms with Gasteiger partial charge in [0.1, 0.15) is 5.75 Å². The number of thioether (sulfide) groups is 1. The van der Waals surface area contributed by atoms with E-state index in [1.807, 2.05) is 17.8 Å². The minimum Gasteiger partial charge on any atom is -0.497 e. The number of ether oxygens (including phenoxy) is 2. The van der Waals surface area contributed by atoms with Crippen molar-refractivity contribution in [3.8, 4) is 5.75 Å². The van der Waals surface area contributed by atoms with E-state index in [0.29, 0.717) is 18.1 Å². The lowest BCUT2D eigenvalue weighted by Crippen LogP contribution is -2.14. The van der Waals surface area contributed by atoms with Gasteiger partial charge in [0.2, 0.25) is 0 Å². The molecule has 3 rings (SSSR count). The SMILES string of the molecule is COc1ccc2c(c1)C(C)CCSC2COCCOS(=O)(=O)c1ccccc1C. The Morgan fingerprint density at radius 3 is 2.66 bits per heavy atom. The second kappa shape index (κ2) is 9.98. The van der Waals surface area contributed by atoms with Gasteiger partial charge in [-0.3, -0.25) is 4.18 Å². The summed E-state index contributed by atoms with van der Waals surface area (Å²) in [6.45, 7) is 4.74. The number of methoxy groups -OCH3 is 1. The molecule has 0 saturated carbocycles. The quantitative estimate of drug-likeness (QED) is 0.441. The van der Waals surface area contributed by atoms with Crippen LogP contribution in [0.2, 0.25) is 0 Å². The molecular weight excluding hydrogens is 408 g/mol. The average Bonchev–Trinajstić information content (AvgIpc) is 2.86. The first kappa shape index (κ1) is 22.2. The Morgan fingerprint density at radius 2 is 1.90 bits per heavy atom. The van der Waals surface area contributed by atoms with Crippen molar-refractivity contribution in [2.24, 2.45) is 0 Å². The topological polar surface area (TPSA) is 61.8 Å². The summed E-state index contributed by atoms with van der Waals surface area (Å²) >= 11 is 1.88. The van der Waals surface area contributed by atoms with E-state index in [9.17, 15) is 8.42 Å². The minimum atomic E-state index is -3.76. The highest BCUT2D eigenvalue weighted by Crippen LogP contribution is 2.41. The molecule has 0 saturated heterocycles. The van der Waals surface area contributed by atoms with E-state index in [0.717, 1.165) is 17.9 Å². The van der Waals surface area contributed by atoms with Gasteiger partial charge in [-0.25, -0.2) is 0 Å². The van der Waals surface area contributed by atoms with Crippen LogP contribution in [0.3, 0.4) is 0 Å². The first-order chi connectivity index (χ1) is 13.9. The monoisotopic (exact) mass is 436 g/mol. The van der Waals surface area contributed by atoms with E-state index in [-0.39, 0.29) is 23.4 Å². The average molecular weight is 437 g/mol. The van der Waals surface area contributed by atoms with Crippen LogP contribution in [0.4, 0.5) is 0 Å². The van der Waals surface area contributed by atoms with E-state index in [1.54, 1.807) is 38.3 Å². The van der Waals surface area contributed by atoms with Gasteiger partial charge >= 0.3 is 0 Å². The van der Waals surface area contributed by atoms with Crippen molar-refractivity contribution in [2.75, 3.05) is 32.7 Å². The molecule has 0 amide bonds. The van der Waals surface area contributed by atoms with Gasteiger partial charge in [0.15, 0.2) is 0 Å². The zero-order valence-electron chi connectivity index (χ0n) is 17.1. The van der Waals surface area contributed by atoms with Crippen LogP contribution in [0.5, 0.6) is 5.75 Å². The summed E-state index contributed by atoms with van der Waals surface area (Å²) < 4.78 is 41.0. The molecule has 0 fully saturated rings. The second-order valence-electron chi connectivity index (χ2n) is 7.16. The summed E-state index contributed by atoms with van der Waals surface area (Å²) in [6, 6.07) is 13.0. The van der Waals surface area contributed by atoms with Crippen molar-refractivity contribution < 1.29 is 22.1 Å². The van der Waals surface area contributed by atoms with Crippen LogP contribution >= 0.6 is 11.8 Å².